The van der Waals surface area contributed by atoms with Crippen molar-refractivity contribution in [3.05, 3.63) is 58.6 Å². The fourth-order valence-electron chi connectivity index (χ4n) is 2.12. The van der Waals surface area contributed by atoms with Gasteiger partial charge >= 0.3 is 0 Å². The fraction of sp³-hybridized carbons (Fsp3) is 0.333. The van der Waals surface area contributed by atoms with Crippen molar-refractivity contribution < 1.29 is 4.74 Å². The molecular weight excluding hydrogens is 282 g/mol. The predicted octanol–water partition coefficient (Wildman–Crippen LogP) is 5.50. The van der Waals surface area contributed by atoms with E-state index >= 15 is 0 Å². The van der Waals surface area contributed by atoms with Crippen LogP contribution in [0.1, 0.15) is 37.4 Å². The number of hydrogen-bond donors (Lipinski definition) is 1. The summed E-state index contributed by atoms with van der Waals surface area (Å²) in [7, 11) is 0. The standard InChI is InChI=1S/C18H22ClNO/c1-4-11-20-14(3)15-5-7-16(8-6-15)21-17-9-10-18(19)13(2)12-17/h5-10,12,14,20H,4,11H2,1-3H3. The molecule has 0 aliphatic heterocycles. The highest BCUT2D eigenvalue weighted by atomic mass is 35.5. The van der Waals surface area contributed by atoms with E-state index < -0.39 is 0 Å². The molecule has 2 aromatic rings. The van der Waals surface area contributed by atoms with Gasteiger partial charge in [-0.25, -0.2) is 0 Å². The second-order valence-corrected chi connectivity index (χ2v) is 5.67. The molecule has 2 aromatic carbocycles. The van der Waals surface area contributed by atoms with Gasteiger partial charge in [-0.15, -0.1) is 0 Å². The van der Waals surface area contributed by atoms with Crippen LogP contribution in [0.4, 0.5) is 0 Å². The SMILES string of the molecule is CCCNC(C)c1ccc(Oc2ccc(Cl)c(C)c2)cc1. The fourth-order valence-corrected chi connectivity index (χ4v) is 2.24. The van der Waals surface area contributed by atoms with Gasteiger partial charge in [-0.2, -0.15) is 0 Å². The zero-order valence-electron chi connectivity index (χ0n) is 12.8. The van der Waals surface area contributed by atoms with Crippen LogP contribution in [0.2, 0.25) is 5.02 Å². The minimum Gasteiger partial charge on any atom is -0.457 e. The van der Waals surface area contributed by atoms with E-state index in [1.807, 2.05) is 37.3 Å². The Morgan fingerprint density at radius 3 is 2.38 bits per heavy atom. The zero-order chi connectivity index (χ0) is 15.2. The first kappa shape index (κ1) is 15.9. The average molecular weight is 304 g/mol. The molecule has 0 aliphatic rings. The Kier molecular flexibility index (Phi) is 5.66. The first-order valence-electron chi connectivity index (χ1n) is 7.37. The second kappa shape index (κ2) is 7.48. The minimum atomic E-state index is 0.358. The van der Waals surface area contributed by atoms with Gasteiger partial charge in [0.25, 0.3) is 0 Å². The Bertz CT molecular complexity index is 580. The van der Waals surface area contributed by atoms with Gasteiger partial charge in [0.15, 0.2) is 0 Å². The van der Waals surface area contributed by atoms with Gasteiger partial charge < -0.3 is 10.1 Å². The van der Waals surface area contributed by atoms with E-state index in [2.05, 4.69) is 31.3 Å². The van der Waals surface area contributed by atoms with Crippen molar-refractivity contribution in [3.8, 4) is 11.5 Å². The lowest BCUT2D eigenvalue weighted by atomic mass is 10.1. The summed E-state index contributed by atoms with van der Waals surface area (Å²) in [6.45, 7) is 7.35. The monoisotopic (exact) mass is 303 g/mol. The van der Waals surface area contributed by atoms with Crippen molar-refractivity contribution in [1.29, 1.82) is 0 Å². The summed E-state index contributed by atoms with van der Waals surface area (Å²) in [5.41, 5.74) is 2.28. The van der Waals surface area contributed by atoms with Gasteiger partial charge in [0.1, 0.15) is 11.5 Å². The average Bonchev–Trinajstić information content (AvgIpc) is 2.49. The van der Waals surface area contributed by atoms with E-state index in [1.165, 1.54) is 5.56 Å². The molecule has 0 radical (unpaired) electrons. The van der Waals surface area contributed by atoms with Crippen LogP contribution in [0.25, 0.3) is 0 Å². The zero-order valence-corrected chi connectivity index (χ0v) is 13.6. The number of aryl methyl sites for hydroxylation is 1. The third-order valence-corrected chi connectivity index (χ3v) is 3.87. The van der Waals surface area contributed by atoms with Crippen molar-refractivity contribution >= 4 is 11.6 Å². The van der Waals surface area contributed by atoms with Crippen molar-refractivity contribution in [3.63, 3.8) is 0 Å². The van der Waals surface area contributed by atoms with E-state index in [4.69, 9.17) is 16.3 Å². The van der Waals surface area contributed by atoms with Crippen LogP contribution in [-0.2, 0) is 0 Å². The van der Waals surface area contributed by atoms with E-state index in [1.54, 1.807) is 0 Å². The van der Waals surface area contributed by atoms with Crippen molar-refractivity contribution in [1.82, 2.24) is 5.32 Å². The molecule has 0 amide bonds. The van der Waals surface area contributed by atoms with E-state index in [0.29, 0.717) is 6.04 Å². The Labute approximate surface area is 132 Å². The van der Waals surface area contributed by atoms with E-state index in [9.17, 15) is 0 Å². The lowest BCUT2D eigenvalue weighted by molar-refractivity contribution is 0.481. The molecule has 0 bridgehead atoms. The largest absolute Gasteiger partial charge is 0.457 e. The molecule has 1 N–H and O–H groups in total. The predicted molar refractivity (Wildman–Crippen MR) is 89.4 cm³/mol. The quantitative estimate of drug-likeness (QED) is 0.760. The molecule has 0 fully saturated rings. The summed E-state index contributed by atoms with van der Waals surface area (Å²) in [5.74, 6) is 1.64. The molecule has 0 spiro atoms. The summed E-state index contributed by atoms with van der Waals surface area (Å²) >= 11 is 6.02. The van der Waals surface area contributed by atoms with Crippen molar-refractivity contribution in [2.24, 2.45) is 0 Å². The molecule has 2 rings (SSSR count). The van der Waals surface area contributed by atoms with Crippen LogP contribution in [0.3, 0.4) is 0 Å². The van der Waals surface area contributed by atoms with Gasteiger partial charge in [-0.05, 0) is 68.3 Å². The van der Waals surface area contributed by atoms with Gasteiger partial charge in [-0.1, -0.05) is 30.7 Å². The van der Waals surface area contributed by atoms with E-state index in [-0.39, 0.29) is 0 Å². The van der Waals surface area contributed by atoms with Crippen LogP contribution >= 0.6 is 11.6 Å². The molecule has 0 saturated heterocycles. The Morgan fingerprint density at radius 2 is 1.76 bits per heavy atom. The summed E-state index contributed by atoms with van der Waals surface area (Å²) < 4.78 is 5.85. The Hall–Kier alpha value is -1.51. The Morgan fingerprint density at radius 1 is 1.10 bits per heavy atom. The van der Waals surface area contributed by atoms with Crippen molar-refractivity contribution in [2.45, 2.75) is 33.2 Å². The highest BCUT2D eigenvalue weighted by Gasteiger charge is 2.05. The molecule has 3 heteroatoms. The molecule has 1 unspecified atom stereocenters. The number of ether oxygens (including phenoxy) is 1. The van der Waals surface area contributed by atoms with E-state index in [0.717, 1.165) is 35.1 Å². The first-order valence-corrected chi connectivity index (χ1v) is 7.75. The maximum Gasteiger partial charge on any atom is 0.127 e. The van der Waals surface area contributed by atoms with Crippen LogP contribution < -0.4 is 10.1 Å². The third-order valence-electron chi connectivity index (χ3n) is 3.45. The molecule has 112 valence electrons. The van der Waals surface area contributed by atoms with Gasteiger partial charge in [0, 0.05) is 11.1 Å². The Balaban J connectivity index is 2.03. The smallest absolute Gasteiger partial charge is 0.127 e. The molecule has 2 nitrogen and oxygen atoms in total. The molecule has 0 heterocycles. The topological polar surface area (TPSA) is 21.3 Å². The lowest BCUT2D eigenvalue weighted by Gasteiger charge is -2.14. The molecule has 21 heavy (non-hydrogen) atoms. The summed E-state index contributed by atoms with van der Waals surface area (Å²) in [4.78, 5) is 0. The number of nitrogens with one attached hydrogen (secondary N) is 1. The third kappa shape index (κ3) is 4.48. The molecule has 0 aromatic heterocycles. The normalized spacial score (nSPS) is 12.2. The highest BCUT2D eigenvalue weighted by molar-refractivity contribution is 6.31. The second-order valence-electron chi connectivity index (χ2n) is 5.26. The van der Waals surface area contributed by atoms with Gasteiger partial charge in [-0.3, -0.25) is 0 Å². The maximum absolute atomic E-state index is 6.02. The lowest BCUT2D eigenvalue weighted by Crippen LogP contribution is -2.19. The summed E-state index contributed by atoms with van der Waals surface area (Å²) in [5, 5.41) is 4.23. The number of halogens is 1. The first-order chi connectivity index (χ1) is 10.1. The van der Waals surface area contributed by atoms with Crippen LogP contribution in [-0.4, -0.2) is 6.54 Å². The molecular formula is C18H22ClNO. The molecule has 0 saturated carbocycles. The molecule has 1 atom stereocenters. The summed E-state index contributed by atoms with van der Waals surface area (Å²) in [6, 6.07) is 14.3. The highest BCUT2D eigenvalue weighted by Crippen LogP contribution is 2.26. The minimum absolute atomic E-state index is 0.358. The van der Waals surface area contributed by atoms with Crippen LogP contribution in [0, 0.1) is 6.92 Å². The van der Waals surface area contributed by atoms with Gasteiger partial charge in [0.2, 0.25) is 0 Å². The maximum atomic E-state index is 6.02. The number of rotatable bonds is 6. The molecule has 0 aliphatic carbocycles. The van der Waals surface area contributed by atoms with Gasteiger partial charge in [0.05, 0.1) is 0 Å². The summed E-state index contributed by atoms with van der Waals surface area (Å²) in [6.07, 6.45) is 1.14. The number of benzene rings is 2. The number of hydrogen-bond acceptors (Lipinski definition) is 2. The van der Waals surface area contributed by atoms with Crippen LogP contribution in [0.15, 0.2) is 42.5 Å². The van der Waals surface area contributed by atoms with Crippen LogP contribution in [0.5, 0.6) is 11.5 Å². The van der Waals surface area contributed by atoms with Crippen molar-refractivity contribution in [2.75, 3.05) is 6.54 Å².